The predicted octanol–water partition coefficient (Wildman–Crippen LogP) is 4.40. The van der Waals surface area contributed by atoms with Crippen LogP contribution in [-0.4, -0.2) is 7.05 Å². The van der Waals surface area contributed by atoms with Gasteiger partial charge in [0.25, 0.3) is 0 Å². The normalized spacial score (nSPS) is 7.64. The lowest BCUT2D eigenvalue weighted by Gasteiger charge is -2.04. The second kappa shape index (κ2) is 10.1. The SMILES string of the molecule is CC.CC.CNc1ccc(C)cc1C. The standard InChI is InChI=1S/C9H13N.2C2H6/c1-7-4-5-9(10-3)8(2)6-7;2*1-2/h4-6,10H,1-3H3;2*1-2H3. The molecule has 0 saturated carbocycles. The fourth-order valence-electron chi connectivity index (χ4n) is 1.09. The maximum absolute atomic E-state index is 3.12. The Hall–Kier alpha value is -0.980. The summed E-state index contributed by atoms with van der Waals surface area (Å²) in [4.78, 5) is 0. The van der Waals surface area contributed by atoms with Crippen LogP contribution in [-0.2, 0) is 0 Å². The second-order valence-electron chi connectivity index (χ2n) is 2.57. The lowest BCUT2D eigenvalue weighted by Crippen LogP contribution is -1.90. The Morgan fingerprint density at radius 1 is 0.929 bits per heavy atom. The van der Waals surface area contributed by atoms with Crippen molar-refractivity contribution in [1.29, 1.82) is 0 Å². The summed E-state index contributed by atoms with van der Waals surface area (Å²) in [6, 6.07) is 6.38. The van der Waals surface area contributed by atoms with E-state index in [9.17, 15) is 0 Å². The molecular weight excluding hydrogens is 170 g/mol. The molecule has 82 valence electrons. The van der Waals surface area contributed by atoms with Crippen molar-refractivity contribution in [2.45, 2.75) is 41.5 Å². The molecule has 1 aromatic rings. The molecule has 0 bridgehead atoms. The molecule has 0 saturated heterocycles. The molecule has 1 heteroatoms. The van der Waals surface area contributed by atoms with Crippen LogP contribution in [0.1, 0.15) is 38.8 Å². The van der Waals surface area contributed by atoms with E-state index in [0.29, 0.717) is 0 Å². The van der Waals surface area contributed by atoms with Crippen LogP contribution in [0.2, 0.25) is 0 Å². The molecule has 0 aliphatic rings. The first kappa shape index (κ1) is 15.5. The highest BCUT2D eigenvalue weighted by Gasteiger charge is 1.92. The summed E-state index contributed by atoms with van der Waals surface area (Å²) in [5, 5.41) is 3.12. The largest absolute Gasteiger partial charge is 0.388 e. The average molecular weight is 195 g/mol. The summed E-state index contributed by atoms with van der Waals surface area (Å²) in [6.45, 7) is 12.2. The van der Waals surface area contributed by atoms with Crippen molar-refractivity contribution in [2.24, 2.45) is 0 Å². The molecule has 0 atom stereocenters. The molecule has 1 aromatic carbocycles. The molecule has 0 aromatic heterocycles. The van der Waals surface area contributed by atoms with Gasteiger partial charge in [-0.15, -0.1) is 0 Å². The van der Waals surface area contributed by atoms with E-state index in [1.165, 1.54) is 16.8 Å². The summed E-state index contributed by atoms with van der Waals surface area (Å²) in [5.41, 5.74) is 3.84. The highest BCUT2D eigenvalue weighted by atomic mass is 14.8. The molecule has 0 unspecified atom stereocenters. The van der Waals surface area contributed by atoms with E-state index in [-0.39, 0.29) is 0 Å². The summed E-state index contributed by atoms with van der Waals surface area (Å²) in [5.74, 6) is 0. The van der Waals surface area contributed by atoms with Crippen LogP contribution in [0.25, 0.3) is 0 Å². The van der Waals surface area contributed by atoms with Gasteiger partial charge < -0.3 is 5.32 Å². The Bertz CT molecular complexity index is 229. The van der Waals surface area contributed by atoms with Gasteiger partial charge >= 0.3 is 0 Å². The minimum atomic E-state index is 1.21. The smallest absolute Gasteiger partial charge is 0.0367 e. The zero-order chi connectivity index (χ0) is 11.6. The van der Waals surface area contributed by atoms with Crippen LogP contribution in [0.4, 0.5) is 5.69 Å². The maximum atomic E-state index is 3.12. The summed E-state index contributed by atoms with van der Waals surface area (Å²) in [6.07, 6.45) is 0. The van der Waals surface area contributed by atoms with Gasteiger partial charge in [0.15, 0.2) is 0 Å². The molecule has 0 aliphatic heterocycles. The first-order valence-corrected chi connectivity index (χ1v) is 5.49. The van der Waals surface area contributed by atoms with Gasteiger partial charge in [-0.1, -0.05) is 45.4 Å². The van der Waals surface area contributed by atoms with E-state index in [4.69, 9.17) is 0 Å². The van der Waals surface area contributed by atoms with Gasteiger partial charge in [0.2, 0.25) is 0 Å². The van der Waals surface area contributed by atoms with Crippen LogP contribution in [0, 0.1) is 13.8 Å². The molecule has 0 spiro atoms. The molecular formula is C13H25N. The minimum Gasteiger partial charge on any atom is -0.388 e. The third kappa shape index (κ3) is 5.63. The summed E-state index contributed by atoms with van der Waals surface area (Å²) < 4.78 is 0. The van der Waals surface area contributed by atoms with Crippen LogP contribution < -0.4 is 5.32 Å². The van der Waals surface area contributed by atoms with E-state index in [0.717, 1.165) is 0 Å². The van der Waals surface area contributed by atoms with E-state index in [2.05, 4.69) is 37.4 Å². The lowest BCUT2D eigenvalue weighted by molar-refractivity contribution is 1.35. The Labute approximate surface area is 89.5 Å². The molecule has 0 heterocycles. The Morgan fingerprint density at radius 2 is 1.43 bits per heavy atom. The molecule has 0 aliphatic carbocycles. The lowest BCUT2D eigenvalue weighted by atomic mass is 10.1. The summed E-state index contributed by atoms with van der Waals surface area (Å²) in [7, 11) is 1.94. The fourth-order valence-corrected chi connectivity index (χ4v) is 1.09. The number of benzene rings is 1. The van der Waals surface area contributed by atoms with E-state index < -0.39 is 0 Å². The molecule has 0 radical (unpaired) electrons. The van der Waals surface area contributed by atoms with Crippen molar-refractivity contribution in [3.63, 3.8) is 0 Å². The Morgan fingerprint density at radius 3 is 1.79 bits per heavy atom. The van der Waals surface area contributed by atoms with Crippen molar-refractivity contribution >= 4 is 5.69 Å². The number of hydrogen-bond acceptors (Lipinski definition) is 1. The van der Waals surface area contributed by atoms with Crippen molar-refractivity contribution in [1.82, 2.24) is 0 Å². The van der Waals surface area contributed by atoms with Crippen molar-refractivity contribution in [3.8, 4) is 0 Å². The fraction of sp³-hybridized carbons (Fsp3) is 0.538. The van der Waals surface area contributed by atoms with Gasteiger partial charge in [0.05, 0.1) is 0 Å². The van der Waals surface area contributed by atoms with Gasteiger partial charge in [-0.2, -0.15) is 0 Å². The minimum absolute atomic E-state index is 1.21. The van der Waals surface area contributed by atoms with Gasteiger partial charge in [-0.25, -0.2) is 0 Å². The monoisotopic (exact) mass is 195 g/mol. The topological polar surface area (TPSA) is 12.0 Å². The van der Waals surface area contributed by atoms with Crippen molar-refractivity contribution < 1.29 is 0 Å². The van der Waals surface area contributed by atoms with Crippen LogP contribution in [0.15, 0.2) is 18.2 Å². The van der Waals surface area contributed by atoms with E-state index in [1.54, 1.807) is 0 Å². The quantitative estimate of drug-likeness (QED) is 0.700. The van der Waals surface area contributed by atoms with Crippen LogP contribution in [0.3, 0.4) is 0 Å². The molecule has 1 nitrogen and oxygen atoms in total. The Kier molecular flexibility index (Phi) is 11.2. The Balaban J connectivity index is 0. The predicted molar refractivity (Wildman–Crippen MR) is 68.2 cm³/mol. The zero-order valence-electron chi connectivity index (χ0n) is 10.7. The molecule has 0 fully saturated rings. The third-order valence-electron chi connectivity index (χ3n) is 1.65. The highest BCUT2D eigenvalue weighted by Crippen LogP contribution is 2.14. The first-order valence-electron chi connectivity index (χ1n) is 5.49. The second-order valence-corrected chi connectivity index (χ2v) is 2.57. The van der Waals surface area contributed by atoms with Crippen LogP contribution in [0.5, 0.6) is 0 Å². The van der Waals surface area contributed by atoms with Gasteiger partial charge in [-0.3, -0.25) is 0 Å². The van der Waals surface area contributed by atoms with E-state index in [1.807, 2.05) is 34.7 Å². The van der Waals surface area contributed by atoms with Gasteiger partial charge in [-0.05, 0) is 25.5 Å². The van der Waals surface area contributed by atoms with E-state index >= 15 is 0 Å². The van der Waals surface area contributed by atoms with Gasteiger partial charge in [0, 0.05) is 12.7 Å². The highest BCUT2D eigenvalue weighted by molar-refractivity contribution is 5.51. The first-order chi connectivity index (χ1) is 6.74. The third-order valence-corrected chi connectivity index (χ3v) is 1.65. The summed E-state index contributed by atoms with van der Waals surface area (Å²) >= 11 is 0. The number of aryl methyl sites for hydroxylation is 2. The number of nitrogens with one attached hydrogen (secondary N) is 1. The average Bonchev–Trinajstić information content (AvgIpc) is 2.24. The number of anilines is 1. The molecule has 1 N–H and O–H groups in total. The maximum Gasteiger partial charge on any atom is 0.0367 e. The molecule has 0 amide bonds. The van der Waals surface area contributed by atoms with Crippen LogP contribution >= 0.6 is 0 Å². The molecule has 14 heavy (non-hydrogen) atoms. The van der Waals surface area contributed by atoms with Crippen molar-refractivity contribution in [3.05, 3.63) is 29.3 Å². The number of hydrogen-bond donors (Lipinski definition) is 1. The van der Waals surface area contributed by atoms with Gasteiger partial charge in [0.1, 0.15) is 0 Å². The molecule has 1 rings (SSSR count). The van der Waals surface area contributed by atoms with Crippen molar-refractivity contribution in [2.75, 3.05) is 12.4 Å². The zero-order valence-corrected chi connectivity index (χ0v) is 10.7. The number of rotatable bonds is 1.